The molecule has 1 aromatic heterocycles. The second kappa shape index (κ2) is 4.33. The second-order valence-corrected chi connectivity index (χ2v) is 2.65. The molecule has 0 radical (unpaired) electrons. The van der Waals surface area contributed by atoms with E-state index in [0.717, 1.165) is 6.07 Å². The van der Waals surface area contributed by atoms with Crippen molar-refractivity contribution in [3.63, 3.8) is 0 Å². The van der Waals surface area contributed by atoms with E-state index in [0.29, 0.717) is 0 Å². The normalized spacial score (nSPS) is 11.2. The lowest BCUT2D eigenvalue weighted by Gasteiger charge is -2.08. The number of aromatic nitrogens is 2. The number of ether oxygens (including phenoxy) is 1. The molecule has 0 aliphatic carbocycles. The molecular formula is C8H7F3N2O3. The molecule has 1 rings (SSSR count). The molecule has 0 saturated heterocycles. The molecule has 0 aliphatic heterocycles. The minimum absolute atomic E-state index is 0.0768. The molecule has 0 fully saturated rings. The first-order chi connectivity index (χ1) is 7.34. The molecule has 0 saturated carbocycles. The molecule has 1 aromatic rings. The van der Waals surface area contributed by atoms with Gasteiger partial charge in [0, 0.05) is 6.07 Å². The van der Waals surface area contributed by atoms with Gasteiger partial charge in [0.25, 0.3) is 0 Å². The highest BCUT2D eigenvalue weighted by molar-refractivity contribution is 5.85. The Labute approximate surface area is 87.9 Å². The van der Waals surface area contributed by atoms with Crippen LogP contribution in [0.3, 0.4) is 0 Å². The number of carbonyl (C=O) groups is 1. The number of carboxylic acid groups (broad SMARTS) is 1. The van der Waals surface area contributed by atoms with E-state index in [9.17, 15) is 18.0 Å². The van der Waals surface area contributed by atoms with Crippen LogP contribution in [0, 0.1) is 0 Å². The first-order valence-corrected chi connectivity index (χ1v) is 4.17. The van der Waals surface area contributed by atoms with Gasteiger partial charge in [-0.3, -0.25) is 0 Å². The van der Waals surface area contributed by atoms with Crippen molar-refractivity contribution >= 4 is 5.97 Å². The fraction of sp³-hybridized carbons (Fsp3) is 0.375. The fourth-order valence-corrected chi connectivity index (χ4v) is 0.883. The van der Waals surface area contributed by atoms with E-state index in [4.69, 9.17) is 9.84 Å². The molecule has 0 unspecified atom stereocenters. The van der Waals surface area contributed by atoms with E-state index in [-0.39, 0.29) is 6.61 Å². The Bertz CT molecular complexity index is 406. The van der Waals surface area contributed by atoms with Crippen molar-refractivity contribution in [1.29, 1.82) is 0 Å². The van der Waals surface area contributed by atoms with Gasteiger partial charge < -0.3 is 9.84 Å². The third kappa shape index (κ3) is 2.81. The summed E-state index contributed by atoms with van der Waals surface area (Å²) in [5.41, 5.74) is -0.759. The van der Waals surface area contributed by atoms with Gasteiger partial charge in [-0.2, -0.15) is 18.2 Å². The van der Waals surface area contributed by atoms with Gasteiger partial charge in [-0.05, 0) is 6.92 Å². The predicted octanol–water partition coefficient (Wildman–Crippen LogP) is 1.59. The summed E-state index contributed by atoms with van der Waals surface area (Å²) in [4.78, 5) is 16.4. The molecule has 0 atom stereocenters. The highest BCUT2D eigenvalue weighted by Gasteiger charge is 2.36. The van der Waals surface area contributed by atoms with Gasteiger partial charge >= 0.3 is 12.1 Å². The summed E-state index contributed by atoms with van der Waals surface area (Å²) in [6, 6.07) is 0.834. The third-order valence-electron chi connectivity index (χ3n) is 1.47. The Morgan fingerprint density at radius 3 is 2.56 bits per heavy atom. The number of hydrogen-bond acceptors (Lipinski definition) is 4. The number of nitrogens with zero attached hydrogens (tertiary/aromatic N) is 2. The predicted molar refractivity (Wildman–Crippen MR) is 45.2 cm³/mol. The zero-order chi connectivity index (χ0) is 12.3. The lowest BCUT2D eigenvalue weighted by atomic mass is 10.4. The summed E-state index contributed by atoms with van der Waals surface area (Å²) >= 11 is 0. The van der Waals surface area contributed by atoms with Crippen LogP contribution in [0.15, 0.2) is 6.07 Å². The molecule has 0 aliphatic rings. The maximum absolute atomic E-state index is 12.3. The standard InChI is InChI=1S/C8H7F3N2O3/c1-2-16-5-3-4(6(14)15)12-7(13-5)8(9,10)11/h3H,2H2,1H3,(H,14,15). The van der Waals surface area contributed by atoms with Crippen LogP contribution in [-0.2, 0) is 6.18 Å². The van der Waals surface area contributed by atoms with Crippen molar-refractivity contribution in [2.45, 2.75) is 13.1 Å². The second-order valence-electron chi connectivity index (χ2n) is 2.65. The molecule has 16 heavy (non-hydrogen) atoms. The minimum Gasteiger partial charge on any atom is -0.478 e. The SMILES string of the molecule is CCOc1cc(C(=O)O)nc(C(F)(F)F)n1. The van der Waals surface area contributed by atoms with E-state index in [1.165, 1.54) is 6.92 Å². The molecule has 88 valence electrons. The van der Waals surface area contributed by atoms with Gasteiger partial charge in [0.1, 0.15) is 0 Å². The van der Waals surface area contributed by atoms with Crippen LogP contribution in [0.5, 0.6) is 5.88 Å². The number of aromatic carboxylic acids is 1. The largest absolute Gasteiger partial charge is 0.478 e. The van der Waals surface area contributed by atoms with Crippen LogP contribution in [0.4, 0.5) is 13.2 Å². The molecule has 0 amide bonds. The Kier molecular flexibility index (Phi) is 3.31. The van der Waals surface area contributed by atoms with Gasteiger partial charge in [0.05, 0.1) is 6.61 Å². The number of hydrogen-bond donors (Lipinski definition) is 1. The van der Waals surface area contributed by atoms with Crippen LogP contribution in [-0.4, -0.2) is 27.7 Å². The van der Waals surface area contributed by atoms with Crippen LogP contribution in [0.1, 0.15) is 23.2 Å². The molecule has 0 aromatic carbocycles. The van der Waals surface area contributed by atoms with E-state index < -0.39 is 29.5 Å². The summed E-state index contributed by atoms with van der Waals surface area (Å²) in [5, 5.41) is 8.55. The van der Waals surface area contributed by atoms with Gasteiger partial charge in [-0.1, -0.05) is 0 Å². The van der Waals surface area contributed by atoms with Crippen LogP contribution >= 0.6 is 0 Å². The highest BCUT2D eigenvalue weighted by atomic mass is 19.4. The summed E-state index contributed by atoms with van der Waals surface area (Å²) in [7, 11) is 0. The molecule has 1 N–H and O–H groups in total. The minimum atomic E-state index is -4.81. The molecule has 1 heterocycles. The van der Waals surface area contributed by atoms with Gasteiger partial charge in [0.15, 0.2) is 5.69 Å². The summed E-state index contributed by atoms with van der Waals surface area (Å²) in [5.74, 6) is -3.52. The maximum atomic E-state index is 12.3. The molecular weight excluding hydrogens is 229 g/mol. The molecule has 0 bridgehead atoms. The van der Waals surface area contributed by atoms with E-state index in [1.807, 2.05) is 0 Å². The Morgan fingerprint density at radius 1 is 1.50 bits per heavy atom. The highest BCUT2D eigenvalue weighted by Crippen LogP contribution is 2.27. The quantitative estimate of drug-likeness (QED) is 0.862. The van der Waals surface area contributed by atoms with Crippen molar-refractivity contribution < 1.29 is 27.8 Å². The topological polar surface area (TPSA) is 72.3 Å². The fourth-order valence-electron chi connectivity index (χ4n) is 0.883. The number of alkyl halides is 3. The zero-order valence-electron chi connectivity index (χ0n) is 8.08. The zero-order valence-corrected chi connectivity index (χ0v) is 8.08. The van der Waals surface area contributed by atoms with Crippen LogP contribution in [0.2, 0.25) is 0 Å². The Balaban J connectivity index is 3.24. The van der Waals surface area contributed by atoms with E-state index in [2.05, 4.69) is 9.97 Å². The van der Waals surface area contributed by atoms with Crippen molar-refractivity contribution in [1.82, 2.24) is 9.97 Å². The van der Waals surface area contributed by atoms with E-state index in [1.54, 1.807) is 0 Å². The summed E-state index contributed by atoms with van der Waals surface area (Å²) in [6.45, 7) is 1.61. The Morgan fingerprint density at radius 2 is 2.12 bits per heavy atom. The lowest BCUT2D eigenvalue weighted by Crippen LogP contribution is -2.15. The average molecular weight is 236 g/mol. The van der Waals surface area contributed by atoms with Gasteiger partial charge in [0.2, 0.25) is 11.7 Å². The summed E-state index contributed by atoms with van der Waals surface area (Å²) in [6.07, 6.45) is -4.81. The Hall–Kier alpha value is -1.86. The summed E-state index contributed by atoms with van der Waals surface area (Å²) < 4.78 is 41.6. The number of halogens is 3. The lowest BCUT2D eigenvalue weighted by molar-refractivity contribution is -0.145. The smallest absolute Gasteiger partial charge is 0.451 e. The van der Waals surface area contributed by atoms with Crippen molar-refractivity contribution in [3.05, 3.63) is 17.6 Å². The van der Waals surface area contributed by atoms with Crippen LogP contribution in [0.25, 0.3) is 0 Å². The van der Waals surface area contributed by atoms with Crippen molar-refractivity contribution in [2.24, 2.45) is 0 Å². The number of rotatable bonds is 3. The molecule has 8 heteroatoms. The van der Waals surface area contributed by atoms with Gasteiger partial charge in [-0.25, -0.2) is 9.78 Å². The average Bonchev–Trinajstić information content (AvgIpc) is 2.16. The monoisotopic (exact) mass is 236 g/mol. The first-order valence-electron chi connectivity index (χ1n) is 4.17. The number of carboxylic acids is 1. The van der Waals surface area contributed by atoms with Crippen molar-refractivity contribution in [3.8, 4) is 5.88 Å². The van der Waals surface area contributed by atoms with Crippen LogP contribution < -0.4 is 4.74 Å². The van der Waals surface area contributed by atoms with Gasteiger partial charge in [-0.15, -0.1) is 0 Å². The molecule has 5 nitrogen and oxygen atoms in total. The first kappa shape index (κ1) is 12.2. The maximum Gasteiger partial charge on any atom is 0.451 e. The van der Waals surface area contributed by atoms with Crippen molar-refractivity contribution in [2.75, 3.05) is 6.61 Å². The van der Waals surface area contributed by atoms with E-state index >= 15 is 0 Å². The third-order valence-corrected chi connectivity index (χ3v) is 1.47. The molecule has 0 spiro atoms.